The van der Waals surface area contributed by atoms with Crippen LogP contribution in [0.15, 0.2) is 42.5 Å². The predicted octanol–water partition coefficient (Wildman–Crippen LogP) is 5.16. The summed E-state index contributed by atoms with van der Waals surface area (Å²) in [6, 6.07) is 15.0. The van der Waals surface area contributed by atoms with Gasteiger partial charge in [-0.3, -0.25) is 0 Å². The van der Waals surface area contributed by atoms with Crippen LogP contribution in [-0.2, 0) is 11.2 Å². The van der Waals surface area contributed by atoms with Crippen LogP contribution in [0.1, 0.15) is 55.7 Å². The molecule has 1 aliphatic heterocycles. The predicted molar refractivity (Wildman–Crippen MR) is 114 cm³/mol. The van der Waals surface area contributed by atoms with Crippen molar-refractivity contribution in [1.29, 1.82) is 0 Å². The molecule has 4 rings (SSSR count). The van der Waals surface area contributed by atoms with Gasteiger partial charge >= 0.3 is 0 Å². The Morgan fingerprint density at radius 1 is 1.04 bits per heavy atom. The molecule has 0 unspecified atom stereocenters. The lowest BCUT2D eigenvalue weighted by atomic mass is 9.68. The van der Waals surface area contributed by atoms with E-state index in [4.69, 9.17) is 0 Å². The largest absolute Gasteiger partial charge is 0.508 e. The van der Waals surface area contributed by atoms with E-state index in [1.54, 1.807) is 0 Å². The number of carbonyl (C=O) groups excluding carboxylic acids is 1. The van der Waals surface area contributed by atoms with Crippen molar-refractivity contribution >= 4 is 12.0 Å². The van der Waals surface area contributed by atoms with Gasteiger partial charge in [-0.15, -0.1) is 0 Å². The Labute approximate surface area is 168 Å². The van der Waals surface area contributed by atoms with E-state index in [1.165, 1.54) is 28.8 Å². The lowest BCUT2D eigenvalue weighted by molar-refractivity contribution is -0.111. The van der Waals surface area contributed by atoms with E-state index in [0.29, 0.717) is 23.5 Å². The molecule has 2 atom stereocenters. The molecule has 2 aromatic rings. The average Bonchev–Trinajstić information content (AvgIpc) is 2.73. The zero-order valence-corrected chi connectivity index (χ0v) is 17.0. The molecule has 28 heavy (non-hydrogen) atoms. The molecule has 3 nitrogen and oxygen atoms in total. The van der Waals surface area contributed by atoms with Crippen LogP contribution in [0.4, 0.5) is 5.69 Å². The van der Waals surface area contributed by atoms with Crippen molar-refractivity contribution in [1.82, 2.24) is 0 Å². The van der Waals surface area contributed by atoms with Gasteiger partial charge in [-0.25, -0.2) is 0 Å². The van der Waals surface area contributed by atoms with Crippen LogP contribution in [0.5, 0.6) is 5.75 Å². The summed E-state index contributed by atoms with van der Waals surface area (Å²) in [6.45, 7) is 6.58. The summed E-state index contributed by atoms with van der Waals surface area (Å²) in [4.78, 5) is 13.4. The number of hydrogen-bond acceptors (Lipinski definition) is 3. The third-order valence-corrected chi connectivity index (χ3v) is 6.84. The Kier molecular flexibility index (Phi) is 5.43. The minimum absolute atomic E-state index is 0.234. The Hall–Kier alpha value is -2.29. The molecule has 1 fully saturated rings. The van der Waals surface area contributed by atoms with Gasteiger partial charge in [0.25, 0.3) is 0 Å². The molecule has 1 N–H and O–H groups in total. The van der Waals surface area contributed by atoms with Gasteiger partial charge in [0.2, 0.25) is 0 Å². The fraction of sp³-hybridized carbons (Fsp3) is 0.480. The van der Waals surface area contributed by atoms with E-state index in [2.05, 4.69) is 49.1 Å². The molecule has 0 spiro atoms. The number of piperidine rings is 1. The fourth-order valence-electron chi connectivity index (χ4n) is 5.16. The standard InChI is InChI=1S/C25H31NO2/c1-17(2)23-9-5-20-15-22(28)8-10-24(20)25(23)19-3-6-21(7-4-19)26-13-11-18(16-27)12-14-26/h3-4,6-8,10,15-18,23,25,28H,5,9,11-14H2,1-2H3/t23-,25+/m0/s1. The molecular formula is C25H31NO2. The van der Waals surface area contributed by atoms with Crippen LogP contribution in [0.2, 0.25) is 0 Å². The summed E-state index contributed by atoms with van der Waals surface area (Å²) >= 11 is 0. The Balaban J connectivity index is 1.61. The smallest absolute Gasteiger partial charge is 0.123 e. The minimum Gasteiger partial charge on any atom is -0.508 e. The van der Waals surface area contributed by atoms with Crippen molar-refractivity contribution in [2.45, 2.75) is 45.4 Å². The Morgan fingerprint density at radius 3 is 2.39 bits per heavy atom. The monoisotopic (exact) mass is 377 g/mol. The summed E-state index contributed by atoms with van der Waals surface area (Å²) in [5.74, 6) is 2.23. The molecule has 1 heterocycles. The van der Waals surface area contributed by atoms with Gasteiger partial charge in [0.15, 0.2) is 0 Å². The number of carbonyl (C=O) groups is 1. The molecule has 0 amide bonds. The number of aromatic hydroxyl groups is 1. The second-order valence-electron chi connectivity index (χ2n) is 8.86. The number of rotatable bonds is 4. The van der Waals surface area contributed by atoms with E-state index in [9.17, 15) is 9.90 Å². The second-order valence-corrected chi connectivity index (χ2v) is 8.86. The molecule has 3 heteroatoms. The third kappa shape index (κ3) is 3.67. The molecular weight excluding hydrogens is 346 g/mol. The highest BCUT2D eigenvalue weighted by atomic mass is 16.3. The molecule has 2 aliphatic rings. The van der Waals surface area contributed by atoms with Crippen LogP contribution in [0.3, 0.4) is 0 Å². The maximum atomic E-state index is 11.0. The van der Waals surface area contributed by atoms with Gasteiger partial charge in [0.1, 0.15) is 12.0 Å². The highest BCUT2D eigenvalue weighted by molar-refractivity contribution is 5.56. The van der Waals surface area contributed by atoms with Gasteiger partial charge in [0.05, 0.1) is 0 Å². The molecule has 0 radical (unpaired) electrons. The number of aryl methyl sites for hydroxylation is 1. The lowest BCUT2D eigenvalue weighted by Gasteiger charge is -2.37. The zero-order valence-electron chi connectivity index (χ0n) is 17.0. The van der Waals surface area contributed by atoms with Crippen molar-refractivity contribution in [3.63, 3.8) is 0 Å². The third-order valence-electron chi connectivity index (χ3n) is 6.84. The molecule has 1 aliphatic carbocycles. The molecule has 148 valence electrons. The summed E-state index contributed by atoms with van der Waals surface area (Å²) in [6.07, 6.45) is 5.25. The molecule has 2 aromatic carbocycles. The summed E-state index contributed by atoms with van der Waals surface area (Å²) in [5.41, 5.74) is 5.30. The van der Waals surface area contributed by atoms with Gasteiger partial charge in [-0.05, 0) is 78.5 Å². The number of anilines is 1. The minimum atomic E-state index is 0.234. The van der Waals surface area contributed by atoms with Crippen molar-refractivity contribution in [2.75, 3.05) is 18.0 Å². The first kappa shape index (κ1) is 19.0. The highest BCUT2D eigenvalue weighted by Gasteiger charge is 2.33. The first-order chi connectivity index (χ1) is 13.6. The number of hydrogen-bond donors (Lipinski definition) is 1. The van der Waals surface area contributed by atoms with Crippen molar-refractivity contribution in [2.24, 2.45) is 17.8 Å². The van der Waals surface area contributed by atoms with Crippen LogP contribution in [0, 0.1) is 17.8 Å². The zero-order chi connectivity index (χ0) is 19.7. The van der Waals surface area contributed by atoms with E-state index in [1.807, 2.05) is 12.1 Å². The maximum Gasteiger partial charge on any atom is 0.123 e. The number of phenols is 1. The topological polar surface area (TPSA) is 40.5 Å². The summed E-state index contributed by atoms with van der Waals surface area (Å²) < 4.78 is 0. The Bertz CT molecular complexity index is 819. The molecule has 0 saturated carbocycles. The second kappa shape index (κ2) is 7.98. The normalized spacial score (nSPS) is 22.9. The Morgan fingerprint density at radius 2 is 1.75 bits per heavy atom. The number of fused-ring (bicyclic) bond motifs is 1. The summed E-state index contributed by atoms with van der Waals surface area (Å²) in [7, 11) is 0. The van der Waals surface area contributed by atoms with Gasteiger partial charge in [-0.2, -0.15) is 0 Å². The van der Waals surface area contributed by atoms with Crippen LogP contribution in [-0.4, -0.2) is 24.5 Å². The number of aldehydes is 1. The van der Waals surface area contributed by atoms with E-state index >= 15 is 0 Å². The van der Waals surface area contributed by atoms with Gasteiger partial charge < -0.3 is 14.8 Å². The van der Waals surface area contributed by atoms with Crippen LogP contribution in [0.25, 0.3) is 0 Å². The van der Waals surface area contributed by atoms with Gasteiger partial charge in [0, 0.05) is 30.6 Å². The van der Waals surface area contributed by atoms with Crippen molar-refractivity contribution in [3.8, 4) is 5.75 Å². The maximum absolute atomic E-state index is 11.0. The molecule has 0 bridgehead atoms. The first-order valence-electron chi connectivity index (χ1n) is 10.7. The number of phenolic OH excluding ortho intramolecular Hbond substituents is 1. The quantitative estimate of drug-likeness (QED) is 0.749. The SMILES string of the molecule is CC(C)[C@@H]1CCc2cc(O)ccc2[C@@H]1c1ccc(N2CCC(C=O)CC2)cc1. The van der Waals surface area contributed by atoms with Crippen LogP contribution >= 0.6 is 0 Å². The van der Waals surface area contributed by atoms with E-state index in [-0.39, 0.29) is 5.92 Å². The van der Waals surface area contributed by atoms with Crippen LogP contribution < -0.4 is 4.90 Å². The van der Waals surface area contributed by atoms with Crippen molar-refractivity contribution in [3.05, 3.63) is 59.2 Å². The number of nitrogens with zero attached hydrogens (tertiary/aromatic N) is 1. The van der Waals surface area contributed by atoms with E-state index < -0.39 is 0 Å². The molecule has 0 aromatic heterocycles. The first-order valence-corrected chi connectivity index (χ1v) is 10.7. The summed E-state index contributed by atoms with van der Waals surface area (Å²) in [5, 5.41) is 9.91. The molecule has 1 saturated heterocycles. The van der Waals surface area contributed by atoms with E-state index in [0.717, 1.165) is 38.6 Å². The fourth-order valence-corrected chi connectivity index (χ4v) is 5.16. The van der Waals surface area contributed by atoms with Crippen molar-refractivity contribution < 1.29 is 9.90 Å². The highest BCUT2D eigenvalue weighted by Crippen LogP contribution is 2.45. The lowest BCUT2D eigenvalue weighted by Crippen LogP contribution is -2.34. The van der Waals surface area contributed by atoms with Gasteiger partial charge in [-0.1, -0.05) is 32.0 Å². The number of benzene rings is 2. The average molecular weight is 378 g/mol.